The summed E-state index contributed by atoms with van der Waals surface area (Å²) < 4.78 is 0. The van der Waals surface area contributed by atoms with Gasteiger partial charge < -0.3 is 5.32 Å². The lowest BCUT2D eigenvalue weighted by atomic mass is 10.1. The number of hydrogen-bond donors (Lipinski definition) is 1. The van der Waals surface area contributed by atoms with Crippen LogP contribution < -0.4 is 5.32 Å². The predicted molar refractivity (Wildman–Crippen MR) is 120 cm³/mol. The van der Waals surface area contributed by atoms with E-state index in [1.807, 2.05) is 24.3 Å². The molecule has 0 aliphatic carbocycles. The topological polar surface area (TPSA) is 42.0 Å². The second kappa shape index (κ2) is 8.60. The molecule has 1 amide bonds. The van der Waals surface area contributed by atoms with Crippen molar-refractivity contribution < 1.29 is 4.79 Å². The molecule has 0 spiro atoms. The number of nitrogens with zero attached hydrogens (tertiary/aromatic N) is 1. The fourth-order valence-electron chi connectivity index (χ4n) is 2.91. The highest BCUT2D eigenvalue weighted by molar-refractivity contribution is 7.13. The zero-order valence-corrected chi connectivity index (χ0v) is 17.4. The van der Waals surface area contributed by atoms with Crippen LogP contribution in [0.5, 0.6) is 0 Å². The Morgan fingerprint density at radius 3 is 2.28 bits per heavy atom. The summed E-state index contributed by atoms with van der Waals surface area (Å²) in [6, 6.07) is 23.4. The average molecular weight is 419 g/mol. The monoisotopic (exact) mass is 418 g/mol. The maximum absolute atomic E-state index is 12.2. The molecular formula is C24H19ClN2OS. The summed E-state index contributed by atoms with van der Waals surface area (Å²) in [7, 11) is 0. The lowest BCUT2D eigenvalue weighted by molar-refractivity contribution is 0.0951. The van der Waals surface area contributed by atoms with Crippen molar-refractivity contribution in [3.8, 4) is 21.8 Å². The number of carbonyl (C=O) groups excluding carboxylic acids is 1. The number of carbonyl (C=O) groups is 1. The molecule has 0 aliphatic rings. The minimum absolute atomic E-state index is 0.117. The van der Waals surface area contributed by atoms with E-state index in [0.29, 0.717) is 17.1 Å². The summed E-state index contributed by atoms with van der Waals surface area (Å²) in [6.07, 6.45) is 0. The molecule has 5 heteroatoms. The highest BCUT2D eigenvalue weighted by Crippen LogP contribution is 2.29. The first-order valence-electron chi connectivity index (χ1n) is 9.24. The van der Waals surface area contributed by atoms with E-state index >= 15 is 0 Å². The van der Waals surface area contributed by atoms with Gasteiger partial charge in [-0.3, -0.25) is 4.79 Å². The van der Waals surface area contributed by atoms with Crippen molar-refractivity contribution in [2.45, 2.75) is 13.5 Å². The summed E-state index contributed by atoms with van der Waals surface area (Å²) in [5.41, 5.74) is 6.05. The van der Waals surface area contributed by atoms with Crippen LogP contribution in [0.3, 0.4) is 0 Å². The van der Waals surface area contributed by atoms with Gasteiger partial charge in [-0.1, -0.05) is 65.7 Å². The van der Waals surface area contributed by atoms with E-state index in [2.05, 4.69) is 41.9 Å². The molecule has 144 valence electrons. The molecular weight excluding hydrogens is 400 g/mol. The highest BCUT2D eigenvalue weighted by Gasteiger charge is 2.08. The molecule has 1 N–H and O–H groups in total. The van der Waals surface area contributed by atoms with Crippen LogP contribution in [0, 0.1) is 6.92 Å². The number of hydrogen-bond acceptors (Lipinski definition) is 3. The van der Waals surface area contributed by atoms with Crippen molar-refractivity contribution in [3.05, 3.63) is 99.9 Å². The maximum Gasteiger partial charge on any atom is 0.251 e. The van der Waals surface area contributed by atoms with Gasteiger partial charge in [-0.05, 0) is 36.8 Å². The van der Waals surface area contributed by atoms with Crippen LogP contribution in [0.4, 0.5) is 0 Å². The van der Waals surface area contributed by atoms with E-state index in [9.17, 15) is 4.79 Å². The van der Waals surface area contributed by atoms with E-state index in [4.69, 9.17) is 16.6 Å². The zero-order chi connectivity index (χ0) is 20.2. The number of amides is 1. The van der Waals surface area contributed by atoms with Gasteiger partial charge >= 0.3 is 0 Å². The standard InChI is InChI=1S/C24H19ClN2OS/c1-16-2-6-18(7-3-16)22-15-29-24(27-22)20-8-4-17(5-9-20)14-26-23(28)19-10-12-21(25)13-11-19/h2-13,15H,14H2,1H3,(H,26,28). The van der Waals surface area contributed by atoms with Crippen LogP contribution in [0.1, 0.15) is 21.5 Å². The van der Waals surface area contributed by atoms with Crippen LogP contribution in [0.15, 0.2) is 78.2 Å². The Balaban J connectivity index is 1.41. The van der Waals surface area contributed by atoms with Gasteiger partial charge in [0.1, 0.15) is 5.01 Å². The molecule has 0 atom stereocenters. The van der Waals surface area contributed by atoms with Gasteiger partial charge in [-0.2, -0.15) is 0 Å². The number of halogens is 1. The van der Waals surface area contributed by atoms with Crippen LogP contribution in [0.25, 0.3) is 21.8 Å². The first-order valence-corrected chi connectivity index (χ1v) is 10.5. The Morgan fingerprint density at radius 1 is 0.931 bits per heavy atom. The Hall–Kier alpha value is -2.95. The molecule has 0 saturated heterocycles. The maximum atomic E-state index is 12.2. The smallest absolute Gasteiger partial charge is 0.251 e. The lowest BCUT2D eigenvalue weighted by Crippen LogP contribution is -2.22. The molecule has 0 fully saturated rings. The third kappa shape index (κ3) is 4.73. The predicted octanol–water partition coefficient (Wildman–Crippen LogP) is 6.37. The quantitative estimate of drug-likeness (QED) is 0.409. The molecule has 0 radical (unpaired) electrons. The number of aryl methyl sites for hydroxylation is 1. The summed E-state index contributed by atoms with van der Waals surface area (Å²) in [4.78, 5) is 17.0. The van der Waals surface area contributed by atoms with Gasteiger partial charge in [0.2, 0.25) is 0 Å². The number of aromatic nitrogens is 1. The van der Waals surface area contributed by atoms with E-state index in [-0.39, 0.29) is 5.91 Å². The molecule has 1 aromatic heterocycles. The van der Waals surface area contributed by atoms with E-state index in [1.54, 1.807) is 35.6 Å². The van der Waals surface area contributed by atoms with Gasteiger partial charge in [0.15, 0.2) is 0 Å². The molecule has 0 bridgehead atoms. The lowest BCUT2D eigenvalue weighted by Gasteiger charge is -2.06. The van der Waals surface area contributed by atoms with Gasteiger partial charge in [0.05, 0.1) is 5.69 Å². The molecule has 4 rings (SSSR count). The number of nitrogens with one attached hydrogen (secondary N) is 1. The fraction of sp³-hybridized carbons (Fsp3) is 0.0833. The van der Waals surface area contributed by atoms with Crippen molar-refractivity contribution in [2.75, 3.05) is 0 Å². The molecule has 3 nitrogen and oxygen atoms in total. The molecule has 0 unspecified atom stereocenters. The van der Waals surface area contributed by atoms with Gasteiger partial charge in [-0.15, -0.1) is 11.3 Å². The minimum Gasteiger partial charge on any atom is -0.348 e. The second-order valence-corrected chi connectivity index (χ2v) is 8.08. The highest BCUT2D eigenvalue weighted by atomic mass is 35.5. The SMILES string of the molecule is Cc1ccc(-c2csc(-c3ccc(CNC(=O)c4ccc(Cl)cc4)cc3)n2)cc1. The van der Waals surface area contributed by atoms with Crippen LogP contribution in [0.2, 0.25) is 5.02 Å². The molecule has 29 heavy (non-hydrogen) atoms. The Morgan fingerprint density at radius 2 is 1.59 bits per heavy atom. The van der Waals surface area contributed by atoms with Crippen molar-refractivity contribution >= 4 is 28.8 Å². The number of rotatable bonds is 5. The number of thiazole rings is 1. The minimum atomic E-state index is -0.117. The third-order valence-electron chi connectivity index (χ3n) is 4.61. The van der Waals surface area contributed by atoms with Crippen molar-refractivity contribution in [1.29, 1.82) is 0 Å². The third-order valence-corrected chi connectivity index (χ3v) is 5.76. The molecule has 1 heterocycles. The van der Waals surface area contributed by atoms with Crippen molar-refractivity contribution in [1.82, 2.24) is 10.3 Å². The van der Waals surface area contributed by atoms with Crippen LogP contribution >= 0.6 is 22.9 Å². The van der Waals surface area contributed by atoms with Crippen LogP contribution in [-0.2, 0) is 6.54 Å². The normalized spacial score (nSPS) is 10.7. The fourth-order valence-corrected chi connectivity index (χ4v) is 3.88. The first-order chi connectivity index (χ1) is 14.1. The first kappa shape index (κ1) is 19.4. The van der Waals surface area contributed by atoms with Gasteiger partial charge in [0, 0.05) is 33.6 Å². The molecule has 4 aromatic rings. The van der Waals surface area contributed by atoms with E-state index < -0.39 is 0 Å². The van der Waals surface area contributed by atoms with Gasteiger partial charge in [-0.25, -0.2) is 4.98 Å². The van der Waals surface area contributed by atoms with Crippen LogP contribution in [-0.4, -0.2) is 10.9 Å². The average Bonchev–Trinajstić information content (AvgIpc) is 3.24. The van der Waals surface area contributed by atoms with Crippen molar-refractivity contribution in [3.63, 3.8) is 0 Å². The van der Waals surface area contributed by atoms with E-state index in [1.165, 1.54) is 5.56 Å². The summed E-state index contributed by atoms with van der Waals surface area (Å²) >= 11 is 7.49. The number of benzene rings is 3. The molecule has 0 saturated carbocycles. The van der Waals surface area contributed by atoms with E-state index in [0.717, 1.165) is 27.4 Å². The summed E-state index contributed by atoms with van der Waals surface area (Å²) in [5, 5.41) is 6.61. The Kier molecular flexibility index (Phi) is 5.74. The summed E-state index contributed by atoms with van der Waals surface area (Å²) in [6.45, 7) is 2.55. The zero-order valence-electron chi connectivity index (χ0n) is 15.9. The van der Waals surface area contributed by atoms with Crippen molar-refractivity contribution in [2.24, 2.45) is 0 Å². The summed E-state index contributed by atoms with van der Waals surface area (Å²) in [5.74, 6) is -0.117. The Labute approximate surface area is 179 Å². The molecule has 0 aliphatic heterocycles. The Bertz CT molecular complexity index is 1120. The second-order valence-electron chi connectivity index (χ2n) is 6.79. The molecule has 3 aromatic carbocycles. The van der Waals surface area contributed by atoms with Gasteiger partial charge in [0.25, 0.3) is 5.91 Å². The largest absolute Gasteiger partial charge is 0.348 e.